The first-order valence-electron chi connectivity index (χ1n) is 4.20. The van der Waals surface area contributed by atoms with Crippen molar-refractivity contribution in [2.45, 2.75) is 26.3 Å². The van der Waals surface area contributed by atoms with Crippen LogP contribution >= 0.6 is 33.2 Å². The maximum absolute atomic E-state index is 5.78. The Hall–Kier alpha value is 1.44. The lowest BCUT2D eigenvalue weighted by Crippen LogP contribution is -2.16. The molecular weight excluding hydrogens is 251 g/mol. The monoisotopic (exact) mass is 265 g/mol. The average Bonchev–Trinajstić information content (AvgIpc) is 1.96. The summed E-state index contributed by atoms with van der Waals surface area (Å²) in [6.45, 7) is 4.47. The second-order valence-electron chi connectivity index (χ2n) is 2.61. The molecule has 0 aliphatic rings. The van der Waals surface area contributed by atoms with Crippen molar-refractivity contribution in [1.82, 2.24) is 0 Å². The zero-order chi connectivity index (χ0) is 9.61. The normalized spacial score (nSPS) is 12.5. The summed E-state index contributed by atoms with van der Waals surface area (Å²) in [5.41, 5.74) is 0. The summed E-state index contributed by atoms with van der Waals surface area (Å²) in [7, 11) is 0.573. The van der Waals surface area contributed by atoms with E-state index >= 15 is 0 Å². The maximum Gasteiger partial charge on any atom is 0.341 e. The molecule has 5 heteroatoms. The van der Waals surface area contributed by atoms with Crippen LogP contribution in [0.5, 0.6) is 0 Å². The molecule has 74 valence electrons. The van der Waals surface area contributed by atoms with Crippen molar-refractivity contribution in [2.75, 3.05) is 17.3 Å². The Bertz CT molecular complexity index is 112. The molecule has 0 N–H and O–H groups in total. The number of rotatable bonds is 6. The van der Waals surface area contributed by atoms with E-state index in [4.69, 9.17) is 33.2 Å². The van der Waals surface area contributed by atoms with Crippen LogP contribution in [0.4, 0.5) is 0 Å². The minimum atomic E-state index is -2.33. The third kappa shape index (κ3) is 8.05. The van der Waals surface area contributed by atoms with Crippen molar-refractivity contribution in [3.05, 3.63) is 0 Å². The molecule has 0 nitrogen and oxygen atoms in total. The molecule has 0 heterocycles. The Morgan fingerprint density at radius 2 is 1.58 bits per heavy atom. The van der Waals surface area contributed by atoms with Gasteiger partial charge >= 0.3 is 6.00 Å². The minimum absolute atomic E-state index is 0.573. The van der Waals surface area contributed by atoms with Crippen LogP contribution in [-0.2, 0) is 10.9 Å². The van der Waals surface area contributed by atoms with Crippen LogP contribution in [0.2, 0.25) is 6.04 Å². The van der Waals surface area contributed by atoms with Gasteiger partial charge in [0.1, 0.15) is 17.3 Å². The van der Waals surface area contributed by atoms with E-state index in [2.05, 4.69) is 13.8 Å². The summed E-state index contributed by atoms with van der Waals surface area (Å²) in [6.07, 6.45) is 1.09. The summed E-state index contributed by atoms with van der Waals surface area (Å²) >= 11 is 17.3. The Morgan fingerprint density at radius 1 is 1.08 bits per heavy atom. The zero-order valence-electron chi connectivity index (χ0n) is 7.58. The van der Waals surface area contributed by atoms with Gasteiger partial charge in [-0.2, -0.15) is 0 Å². The highest BCUT2D eigenvalue weighted by Crippen LogP contribution is 2.26. The van der Waals surface area contributed by atoms with Crippen LogP contribution < -0.4 is 0 Å². The first-order valence-corrected chi connectivity index (χ1v) is 11.2. The molecule has 0 aliphatic carbocycles. The van der Waals surface area contributed by atoms with Crippen LogP contribution in [-0.4, -0.2) is 23.3 Å². The van der Waals surface area contributed by atoms with E-state index in [-0.39, 0.29) is 0 Å². The molecule has 0 spiro atoms. The van der Waals surface area contributed by atoms with Gasteiger partial charge in [0.15, 0.2) is 0 Å². The molecule has 12 heavy (non-hydrogen) atoms. The molecule has 0 amide bonds. The molecule has 0 fully saturated rings. The van der Waals surface area contributed by atoms with Gasteiger partial charge in [-0.05, 0) is 37.2 Å². The molecule has 0 radical (unpaired) electrons. The van der Waals surface area contributed by atoms with Crippen molar-refractivity contribution in [3.8, 4) is 0 Å². The van der Waals surface area contributed by atoms with Crippen LogP contribution in [0.25, 0.3) is 0 Å². The molecule has 0 aliphatic heterocycles. The molecular formula is C7H16Cl3SSi+. The van der Waals surface area contributed by atoms with Gasteiger partial charge in [0.05, 0.1) is 0 Å². The van der Waals surface area contributed by atoms with Crippen LogP contribution in [0.3, 0.4) is 0 Å². The largest absolute Gasteiger partial charge is 0.341 e. The predicted molar refractivity (Wildman–Crippen MR) is 66.1 cm³/mol. The van der Waals surface area contributed by atoms with Gasteiger partial charge in [0.25, 0.3) is 0 Å². The topological polar surface area (TPSA) is 0 Å². The van der Waals surface area contributed by atoms with Gasteiger partial charge < -0.3 is 0 Å². The summed E-state index contributed by atoms with van der Waals surface area (Å²) in [6, 6.07) is -1.51. The Balaban J connectivity index is 3.41. The van der Waals surface area contributed by atoms with Crippen LogP contribution in [0.15, 0.2) is 0 Å². The molecule has 0 aromatic carbocycles. The maximum atomic E-state index is 5.78. The van der Waals surface area contributed by atoms with E-state index in [0.29, 0.717) is 10.9 Å². The van der Waals surface area contributed by atoms with Crippen molar-refractivity contribution in [2.24, 2.45) is 0 Å². The number of halogens is 3. The molecule has 0 saturated carbocycles. The molecule has 0 rings (SSSR count). The fourth-order valence-electron chi connectivity index (χ4n) is 0.970. The van der Waals surface area contributed by atoms with E-state index in [1.165, 1.54) is 17.3 Å². The van der Waals surface area contributed by atoms with Gasteiger partial charge in [-0.15, -0.1) is 33.2 Å². The van der Waals surface area contributed by atoms with Crippen molar-refractivity contribution < 1.29 is 0 Å². The van der Waals surface area contributed by atoms with Crippen LogP contribution in [0, 0.1) is 0 Å². The second-order valence-corrected chi connectivity index (χ2v) is 14.7. The lowest BCUT2D eigenvalue weighted by molar-refractivity contribution is 1.08. The summed E-state index contributed by atoms with van der Waals surface area (Å²) in [5, 5.41) is 0. The highest BCUT2D eigenvalue weighted by molar-refractivity contribution is 7.96. The zero-order valence-corrected chi connectivity index (χ0v) is 11.7. The van der Waals surface area contributed by atoms with Crippen LogP contribution in [0.1, 0.15) is 20.3 Å². The van der Waals surface area contributed by atoms with Crippen molar-refractivity contribution >= 4 is 50.1 Å². The highest BCUT2D eigenvalue weighted by atomic mass is 35.8. The van der Waals surface area contributed by atoms with Gasteiger partial charge in [0, 0.05) is 0 Å². The standard InChI is InChI=1S/C7H16Cl3SSi/c1-3-11(4-2)6-5-7-12(8,9)10/h3-7H2,1-2H3/q+1. The van der Waals surface area contributed by atoms with E-state index in [1.54, 1.807) is 0 Å². The lowest BCUT2D eigenvalue weighted by Gasteiger charge is -2.07. The smallest absolute Gasteiger partial charge is 0.126 e. The third-order valence-electron chi connectivity index (χ3n) is 1.71. The predicted octanol–water partition coefficient (Wildman–Crippen LogP) is 3.69. The van der Waals surface area contributed by atoms with E-state index in [1.807, 2.05) is 0 Å². The van der Waals surface area contributed by atoms with Gasteiger partial charge in [-0.1, -0.05) is 0 Å². The van der Waals surface area contributed by atoms with Gasteiger partial charge in [0.2, 0.25) is 0 Å². The highest BCUT2D eigenvalue weighted by Gasteiger charge is 2.25. The van der Waals surface area contributed by atoms with E-state index in [9.17, 15) is 0 Å². The average molecular weight is 267 g/mol. The Kier molecular flexibility index (Phi) is 7.64. The van der Waals surface area contributed by atoms with Crippen molar-refractivity contribution in [1.29, 1.82) is 0 Å². The van der Waals surface area contributed by atoms with Crippen molar-refractivity contribution in [3.63, 3.8) is 0 Å². The van der Waals surface area contributed by atoms with E-state index in [0.717, 1.165) is 12.5 Å². The first-order chi connectivity index (χ1) is 5.49. The van der Waals surface area contributed by atoms with Gasteiger partial charge in [-0.25, -0.2) is 0 Å². The molecule has 0 atom stereocenters. The fourth-order valence-corrected chi connectivity index (χ4v) is 4.54. The first kappa shape index (κ1) is 13.4. The molecule has 0 saturated heterocycles. The summed E-state index contributed by atoms with van der Waals surface area (Å²) in [4.78, 5) is 0. The lowest BCUT2D eigenvalue weighted by atomic mass is 10.6. The Labute approximate surface area is 93.4 Å². The Morgan fingerprint density at radius 3 is 1.92 bits per heavy atom. The summed E-state index contributed by atoms with van der Waals surface area (Å²) in [5.74, 6) is 3.80. The molecule has 0 bridgehead atoms. The third-order valence-corrected chi connectivity index (χ3v) is 6.83. The summed E-state index contributed by atoms with van der Waals surface area (Å²) < 4.78 is 0. The molecule has 0 unspecified atom stereocenters. The molecule has 0 aromatic heterocycles. The SMILES string of the molecule is CC[S+](CC)CCC[Si](Cl)(Cl)Cl. The number of hydrogen-bond donors (Lipinski definition) is 0. The number of hydrogen-bond acceptors (Lipinski definition) is 0. The fraction of sp³-hybridized carbons (Fsp3) is 1.00. The minimum Gasteiger partial charge on any atom is -0.126 e. The van der Waals surface area contributed by atoms with Gasteiger partial charge in [-0.3, -0.25) is 0 Å². The van der Waals surface area contributed by atoms with E-state index < -0.39 is 6.00 Å². The second kappa shape index (κ2) is 6.83. The molecule has 0 aromatic rings. The quantitative estimate of drug-likeness (QED) is 0.391.